The predicted molar refractivity (Wildman–Crippen MR) is 115 cm³/mol. The van der Waals surface area contributed by atoms with E-state index in [0.717, 1.165) is 22.1 Å². The summed E-state index contributed by atoms with van der Waals surface area (Å²) < 4.78 is 5.82. The van der Waals surface area contributed by atoms with E-state index in [9.17, 15) is 4.79 Å². The molecule has 0 saturated heterocycles. The van der Waals surface area contributed by atoms with Gasteiger partial charge in [0.05, 0.1) is 22.3 Å². The maximum atomic E-state index is 11.9. The molecule has 0 spiro atoms. The van der Waals surface area contributed by atoms with Gasteiger partial charge in [-0.25, -0.2) is 0 Å². The first-order valence-electron chi connectivity index (χ1n) is 8.52. The molecule has 0 saturated carbocycles. The summed E-state index contributed by atoms with van der Waals surface area (Å²) >= 11 is 13.4. The third-order valence-electron chi connectivity index (χ3n) is 3.92. The number of hydrogen-bond acceptors (Lipinski definition) is 3. The maximum Gasteiger partial charge on any atom is 0.230 e. The molecule has 0 aliphatic heterocycles. The quantitative estimate of drug-likeness (QED) is 0.484. The number of hydrogen-bond donors (Lipinski definition) is 1. The molecule has 0 aliphatic rings. The lowest BCUT2D eigenvalue weighted by Crippen LogP contribution is -2.29. The minimum atomic E-state index is -0.0124. The van der Waals surface area contributed by atoms with Crippen LogP contribution in [0.3, 0.4) is 0 Å². The van der Waals surface area contributed by atoms with Crippen molar-refractivity contribution >= 4 is 51.6 Å². The van der Waals surface area contributed by atoms with Crippen LogP contribution in [-0.4, -0.2) is 24.8 Å². The fourth-order valence-corrected chi connectivity index (χ4v) is 3.74. The van der Waals surface area contributed by atoms with Gasteiger partial charge in [0, 0.05) is 11.1 Å². The number of halogens is 2. The summed E-state index contributed by atoms with van der Waals surface area (Å²) in [7, 11) is 0. The largest absolute Gasteiger partial charge is 0.491 e. The Morgan fingerprint density at radius 2 is 1.81 bits per heavy atom. The molecular formula is C21H19Cl2NO2S. The van der Waals surface area contributed by atoms with Gasteiger partial charge in [-0.3, -0.25) is 4.79 Å². The van der Waals surface area contributed by atoms with E-state index >= 15 is 0 Å². The molecule has 3 nitrogen and oxygen atoms in total. The van der Waals surface area contributed by atoms with Crippen LogP contribution < -0.4 is 10.1 Å². The number of fused-ring (bicyclic) bond motifs is 1. The van der Waals surface area contributed by atoms with Crippen LogP contribution in [0.2, 0.25) is 10.0 Å². The van der Waals surface area contributed by atoms with Crippen molar-refractivity contribution in [1.29, 1.82) is 0 Å². The third kappa shape index (κ3) is 5.80. The summed E-state index contributed by atoms with van der Waals surface area (Å²) in [5, 5.41) is 6.15. The highest BCUT2D eigenvalue weighted by atomic mass is 35.5. The molecule has 3 aromatic rings. The normalized spacial score (nSPS) is 10.7. The highest BCUT2D eigenvalue weighted by Gasteiger charge is 2.05. The van der Waals surface area contributed by atoms with Crippen molar-refractivity contribution in [2.75, 3.05) is 18.9 Å². The van der Waals surface area contributed by atoms with Gasteiger partial charge < -0.3 is 10.1 Å². The predicted octanol–water partition coefficient (Wildman–Crippen LogP) is 5.58. The van der Waals surface area contributed by atoms with Gasteiger partial charge in [0.15, 0.2) is 0 Å². The molecule has 1 amide bonds. The topological polar surface area (TPSA) is 38.3 Å². The van der Waals surface area contributed by atoms with Crippen molar-refractivity contribution in [3.63, 3.8) is 0 Å². The third-order valence-corrected chi connectivity index (χ3v) is 5.66. The molecule has 27 heavy (non-hydrogen) atoms. The molecule has 0 radical (unpaired) electrons. The number of carbonyl (C=O) groups is 1. The Labute approximate surface area is 173 Å². The molecule has 0 heterocycles. The van der Waals surface area contributed by atoms with Gasteiger partial charge in [-0.1, -0.05) is 65.7 Å². The Kier molecular flexibility index (Phi) is 7.27. The fraction of sp³-hybridized carbons (Fsp3) is 0.190. The molecule has 6 heteroatoms. The Balaban J connectivity index is 1.37. The first kappa shape index (κ1) is 19.9. The van der Waals surface area contributed by atoms with Gasteiger partial charge in [0.1, 0.15) is 12.4 Å². The second-order valence-corrected chi connectivity index (χ2v) is 7.72. The average Bonchev–Trinajstić information content (AvgIpc) is 2.68. The molecule has 1 N–H and O–H groups in total. The van der Waals surface area contributed by atoms with Crippen LogP contribution in [0.25, 0.3) is 10.8 Å². The van der Waals surface area contributed by atoms with Crippen LogP contribution in [0.5, 0.6) is 5.75 Å². The summed E-state index contributed by atoms with van der Waals surface area (Å²) in [4.78, 5) is 11.9. The fourth-order valence-electron chi connectivity index (χ4n) is 2.62. The molecule has 0 bridgehead atoms. The Bertz CT molecular complexity index is 928. The zero-order valence-electron chi connectivity index (χ0n) is 14.6. The van der Waals surface area contributed by atoms with Crippen LogP contribution >= 0.6 is 35.0 Å². The van der Waals surface area contributed by atoms with Crippen LogP contribution in [0.1, 0.15) is 5.56 Å². The van der Waals surface area contributed by atoms with E-state index in [-0.39, 0.29) is 5.91 Å². The van der Waals surface area contributed by atoms with E-state index in [1.54, 1.807) is 6.07 Å². The Hall–Kier alpha value is -1.88. The minimum Gasteiger partial charge on any atom is -0.491 e. The second kappa shape index (κ2) is 9.88. The van der Waals surface area contributed by atoms with Crippen LogP contribution in [-0.2, 0) is 10.5 Å². The first-order chi connectivity index (χ1) is 13.1. The van der Waals surface area contributed by atoms with E-state index in [2.05, 4.69) is 17.4 Å². The van der Waals surface area contributed by atoms with Crippen molar-refractivity contribution < 1.29 is 9.53 Å². The highest BCUT2D eigenvalue weighted by Crippen LogP contribution is 2.25. The SMILES string of the molecule is O=C(CSCc1ccc(Cl)c(Cl)c1)NCCOc1cccc2ccccc12. The molecule has 0 fully saturated rings. The Morgan fingerprint density at radius 3 is 2.67 bits per heavy atom. The van der Waals surface area contributed by atoms with Gasteiger partial charge in [0.2, 0.25) is 5.91 Å². The van der Waals surface area contributed by atoms with Gasteiger partial charge in [-0.05, 0) is 29.1 Å². The molecular weight excluding hydrogens is 401 g/mol. The lowest BCUT2D eigenvalue weighted by molar-refractivity contribution is -0.118. The van der Waals surface area contributed by atoms with E-state index in [1.807, 2.05) is 42.5 Å². The maximum absolute atomic E-state index is 11.9. The molecule has 140 valence electrons. The van der Waals surface area contributed by atoms with E-state index in [0.29, 0.717) is 34.7 Å². The molecule has 3 rings (SSSR count). The summed E-state index contributed by atoms with van der Waals surface area (Å²) in [6.07, 6.45) is 0. The zero-order valence-corrected chi connectivity index (χ0v) is 16.9. The van der Waals surface area contributed by atoms with Crippen LogP contribution in [0.4, 0.5) is 0 Å². The Morgan fingerprint density at radius 1 is 1.00 bits per heavy atom. The number of ether oxygens (including phenoxy) is 1. The van der Waals surface area contributed by atoms with Gasteiger partial charge in [0.25, 0.3) is 0 Å². The number of nitrogens with one attached hydrogen (secondary N) is 1. The van der Waals surface area contributed by atoms with E-state index in [1.165, 1.54) is 11.8 Å². The summed E-state index contributed by atoms with van der Waals surface area (Å²) in [5.41, 5.74) is 1.04. The van der Waals surface area contributed by atoms with Crippen LogP contribution in [0, 0.1) is 0 Å². The number of carbonyl (C=O) groups excluding carboxylic acids is 1. The zero-order chi connectivity index (χ0) is 19.1. The number of thioether (sulfide) groups is 1. The number of rotatable bonds is 8. The second-order valence-electron chi connectivity index (χ2n) is 5.92. The van der Waals surface area contributed by atoms with Gasteiger partial charge in [-0.15, -0.1) is 11.8 Å². The summed E-state index contributed by atoms with van der Waals surface area (Å²) in [6.45, 7) is 0.895. The van der Waals surface area contributed by atoms with Gasteiger partial charge in [-0.2, -0.15) is 0 Å². The first-order valence-corrected chi connectivity index (χ1v) is 10.4. The highest BCUT2D eigenvalue weighted by molar-refractivity contribution is 7.99. The molecule has 0 aromatic heterocycles. The smallest absolute Gasteiger partial charge is 0.230 e. The summed E-state index contributed by atoms with van der Waals surface area (Å²) in [6, 6.07) is 19.5. The molecule has 0 aliphatic carbocycles. The summed E-state index contributed by atoms with van der Waals surface area (Å²) in [5.74, 6) is 1.91. The van der Waals surface area contributed by atoms with Gasteiger partial charge >= 0.3 is 0 Å². The minimum absolute atomic E-state index is 0.0124. The van der Waals surface area contributed by atoms with E-state index in [4.69, 9.17) is 27.9 Å². The lowest BCUT2D eigenvalue weighted by atomic mass is 10.1. The van der Waals surface area contributed by atoms with Crippen molar-refractivity contribution in [2.45, 2.75) is 5.75 Å². The van der Waals surface area contributed by atoms with Crippen molar-refractivity contribution in [3.8, 4) is 5.75 Å². The molecule has 3 aromatic carbocycles. The van der Waals surface area contributed by atoms with Crippen molar-refractivity contribution in [2.24, 2.45) is 0 Å². The van der Waals surface area contributed by atoms with E-state index < -0.39 is 0 Å². The number of amides is 1. The van der Waals surface area contributed by atoms with Crippen molar-refractivity contribution in [1.82, 2.24) is 5.32 Å². The average molecular weight is 420 g/mol. The molecule has 0 atom stereocenters. The lowest BCUT2D eigenvalue weighted by Gasteiger charge is -2.10. The van der Waals surface area contributed by atoms with Crippen LogP contribution in [0.15, 0.2) is 60.7 Å². The molecule has 0 unspecified atom stereocenters. The van der Waals surface area contributed by atoms with Crippen molar-refractivity contribution in [3.05, 3.63) is 76.3 Å². The number of benzene rings is 3. The monoisotopic (exact) mass is 419 g/mol. The standard InChI is InChI=1S/C21H19Cl2NO2S/c22-18-9-8-15(12-19(18)23)13-27-14-21(25)24-10-11-26-20-7-3-5-16-4-1-2-6-17(16)20/h1-9,12H,10-11,13-14H2,(H,24,25).